The summed E-state index contributed by atoms with van der Waals surface area (Å²) in [5.74, 6) is 3.79. The van der Waals surface area contributed by atoms with E-state index >= 15 is 0 Å². The van der Waals surface area contributed by atoms with E-state index in [1.807, 2.05) is 42.3 Å². The Kier molecular flexibility index (Phi) is 5.61. The topological polar surface area (TPSA) is 96.7 Å². The van der Waals surface area contributed by atoms with Gasteiger partial charge in [0.1, 0.15) is 11.6 Å². The van der Waals surface area contributed by atoms with E-state index in [9.17, 15) is 0 Å². The molecule has 0 spiro atoms. The molecule has 5 aromatic rings. The first-order valence-corrected chi connectivity index (χ1v) is 13.1. The highest BCUT2D eigenvalue weighted by molar-refractivity contribution is 6.00. The fraction of sp³-hybridized carbons (Fsp3) is 0.357. The zero-order valence-electron chi connectivity index (χ0n) is 21.5. The number of hydrogen-bond acceptors (Lipinski definition) is 8. The van der Waals surface area contributed by atoms with Crippen LogP contribution in [0.4, 0.5) is 5.82 Å². The van der Waals surface area contributed by atoms with Gasteiger partial charge in [-0.25, -0.2) is 14.5 Å². The van der Waals surface area contributed by atoms with Crippen LogP contribution in [-0.4, -0.2) is 74.6 Å². The number of ether oxygens (including phenoxy) is 2. The van der Waals surface area contributed by atoms with Crippen LogP contribution in [0.5, 0.6) is 11.6 Å². The van der Waals surface area contributed by atoms with Crippen molar-refractivity contribution in [2.45, 2.75) is 13.5 Å². The number of aromatic nitrogens is 6. The molecule has 7 rings (SSSR count). The first-order chi connectivity index (χ1) is 18.7. The average Bonchev–Trinajstić information content (AvgIpc) is 3.70. The molecule has 0 aliphatic carbocycles. The van der Waals surface area contributed by atoms with Crippen molar-refractivity contribution >= 4 is 22.4 Å². The number of nitrogens with zero attached hydrogens (tertiary/aromatic N) is 7. The minimum atomic E-state index is 0.592. The quantitative estimate of drug-likeness (QED) is 0.355. The maximum absolute atomic E-state index is 5.82. The van der Waals surface area contributed by atoms with E-state index in [2.05, 4.69) is 54.3 Å². The minimum absolute atomic E-state index is 0.592. The van der Waals surface area contributed by atoms with E-state index in [-0.39, 0.29) is 0 Å². The molecule has 0 aromatic carbocycles. The van der Waals surface area contributed by atoms with Gasteiger partial charge in [-0.05, 0) is 42.5 Å². The van der Waals surface area contributed by atoms with Crippen LogP contribution >= 0.6 is 0 Å². The first kappa shape index (κ1) is 23.0. The highest BCUT2D eigenvalue weighted by Crippen LogP contribution is 2.36. The van der Waals surface area contributed by atoms with E-state index in [1.54, 1.807) is 7.11 Å². The summed E-state index contributed by atoms with van der Waals surface area (Å²) in [5, 5.41) is 12.8. The van der Waals surface area contributed by atoms with Gasteiger partial charge in [0.25, 0.3) is 0 Å². The normalized spacial score (nSPS) is 19.5. The summed E-state index contributed by atoms with van der Waals surface area (Å²) in [4.78, 5) is 14.2. The van der Waals surface area contributed by atoms with E-state index in [4.69, 9.17) is 14.5 Å². The van der Waals surface area contributed by atoms with Crippen molar-refractivity contribution in [1.82, 2.24) is 34.7 Å². The van der Waals surface area contributed by atoms with Crippen molar-refractivity contribution in [1.29, 1.82) is 0 Å². The van der Waals surface area contributed by atoms with Crippen LogP contribution in [0.1, 0.15) is 12.5 Å². The van der Waals surface area contributed by atoms with Crippen molar-refractivity contribution in [3.63, 3.8) is 0 Å². The lowest BCUT2D eigenvalue weighted by Crippen LogP contribution is -2.29. The summed E-state index contributed by atoms with van der Waals surface area (Å²) in [6.07, 6.45) is 7.62. The monoisotopic (exact) mass is 510 g/mol. The van der Waals surface area contributed by atoms with Gasteiger partial charge in [-0.1, -0.05) is 6.07 Å². The van der Waals surface area contributed by atoms with Crippen molar-refractivity contribution in [2.24, 2.45) is 11.8 Å². The third kappa shape index (κ3) is 4.01. The van der Waals surface area contributed by atoms with Crippen LogP contribution in [0.2, 0.25) is 0 Å². The Bertz CT molecular complexity index is 1560. The number of likely N-dealkylation sites (tertiary alicyclic amines) is 1. The number of pyridine rings is 3. The van der Waals surface area contributed by atoms with E-state index in [0.29, 0.717) is 24.3 Å². The first-order valence-electron chi connectivity index (χ1n) is 13.1. The Morgan fingerprint density at radius 1 is 1.00 bits per heavy atom. The molecule has 2 fully saturated rings. The maximum Gasteiger partial charge on any atom is 0.212 e. The highest BCUT2D eigenvalue weighted by Gasteiger charge is 2.40. The van der Waals surface area contributed by atoms with Crippen LogP contribution in [-0.2, 0) is 6.54 Å². The number of anilines is 1. The van der Waals surface area contributed by atoms with Gasteiger partial charge < -0.3 is 14.4 Å². The summed E-state index contributed by atoms with van der Waals surface area (Å²) in [5.41, 5.74) is 5.04. The van der Waals surface area contributed by atoms with Crippen LogP contribution in [0.15, 0.2) is 55.1 Å². The zero-order chi connectivity index (χ0) is 25.6. The van der Waals surface area contributed by atoms with Crippen molar-refractivity contribution in [3.05, 3.63) is 60.7 Å². The second-order valence-corrected chi connectivity index (χ2v) is 10.2. The lowest BCUT2D eigenvalue weighted by Gasteiger charge is -2.22. The van der Waals surface area contributed by atoms with Crippen LogP contribution in [0, 0.1) is 11.8 Å². The van der Waals surface area contributed by atoms with E-state index in [0.717, 1.165) is 72.0 Å². The van der Waals surface area contributed by atoms with Crippen LogP contribution < -0.4 is 14.4 Å². The Balaban J connectivity index is 1.07. The number of aromatic amines is 1. The predicted octanol–water partition coefficient (Wildman–Crippen LogP) is 3.64. The molecule has 2 saturated heterocycles. The zero-order valence-corrected chi connectivity index (χ0v) is 21.5. The molecule has 1 N–H and O–H groups in total. The molecule has 2 aliphatic heterocycles. The van der Waals surface area contributed by atoms with Gasteiger partial charge in [0.05, 0.1) is 37.0 Å². The summed E-state index contributed by atoms with van der Waals surface area (Å²) in [6.45, 7) is 7.80. The molecule has 38 heavy (non-hydrogen) atoms. The Morgan fingerprint density at radius 3 is 2.58 bits per heavy atom. The second-order valence-electron chi connectivity index (χ2n) is 10.2. The largest absolute Gasteiger partial charge is 0.492 e. The number of hydrogen-bond donors (Lipinski definition) is 1. The molecule has 7 heterocycles. The summed E-state index contributed by atoms with van der Waals surface area (Å²) >= 11 is 0. The van der Waals surface area contributed by atoms with Crippen LogP contribution in [0.25, 0.3) is 27.7 Å². The van der Waals surface area contributed by atoms with Gasteiger partial charge >= 0.3 is 0 Å². The molecule has 5 aromatic heterocycles. The molecule has 2 atom stereocenters. The second kappa shape index (κ2) is 9.29. The fourth-order valence-electron chi connectivity index (χ4n) is 6.03. The summed E-state index contributed by atoms with van der Waals surface area (Å²) in [7, 11) is 1.65. The molecule has 1 unspecified atom stereocenters. The minimum Gasteiger partial charge on any atom is -0.492 e. The number of nitrogens with one attached hydrogen (secondary N) is 1. The number of rotatable bonds is 7. The molecule has 2 aliphatic rings. The predicted molar refractivity (Wildman–Crippen MR) is 145 cm³/mol. The highest BCUT2D eigenvalue weighted by atomic mass is 16.5. The lowest BCUT2D eigenvalue weighted by molar-refractivity contribution is 0.308. The van der Waals surface area contributed by atoms with Crippen molar-refractivity contribution in [3.8, 4) is 22.8 Å². The number of methoxy groups -OCH3 is 1. The number of fused-ring (bicyclic) bond motifs is 4. The average molecular weight is 511 g/mol. The SMILES string of the molecule is CCOc1cc(-c2ccc(N3CC4CN(Cc5ccc(OC)nc5)C[C@H]4C3)nc2)c2c3cn[nH]c3nn2c1. The smallest absolute Gasteiger partial charge is 0.212 e. The Labute approximate surface area is 220 Å². The standard InChI is InChI=1S/C28H30N8O2/c1-3-38-22-8-23(27-24-11-31-32-28(24)33-36(27)17-22)19-5-6-25(29-10-19)35-15-20-13-34(14-21(20)16-35)12-18-4-7-26(37-2)30-9-18/h4-11,17,20-21H,3,12-16H2,1-2H3,(H,32,33)/t20-,21?/m0/s1. The van der Waals surface area contributed by atoms with Gasteiger partial charge in [-0.2, -0.15) is 5.10 Å². The maximum atomic E-state index is 5.82. The molecule has 194 valence electrons. The van der Waals surface area contributed by atoms with Crippen molar-refractivity contribution in [2.75, 3.05) is 44.8 Å². The summed E-state index contributed by atoms with van der Waals surface area (Å²) in [6, 6.07) is 10.4. The van der Waals surface area contributed by atoms with E-state index < -0.39 is 0 Å². The van der Waals surface area contributed by atoms with E-state index in [1.165, 1.54) is 5.56 Å². The number of H-pyrrole nitrogens is 1. The third-order valence-corrected chi connectivity index (χ3v) is 7.77. The Morgan fingerprint density at radius 2 is 1.87 bits per heavy atom. The lowest BCUT2D eigenvalue weighted by atomic mass is 10.0. The molecule has 0 amide bonds. The Hall–Kier alpha value is -4.18. The molecular formula is C28H30N8O2. The fourth-order valence-corrected chi connectivity index (χ4v) is 6.03. The van der Waals surface area contributed by atoms with Gasteiger partial charge in [-0.3, -0.25) is 10.00 Å². The van der Waals surface area contributed by atoms with Gasteiger partial charge in [0.15, 0.2) is 5.65 Å². The van der Waals surface area contributed by atoms with Crippen molar-refractivity contribution < 1.29 is 9.47 Å². The van der Waals surface area contributed by atoms with Gasteiger partial charge in [-0.15, -0.1) is 5.10 Å². The summed E-state index contributed by atoms with van der Waals surface area (Å²) < 4.78 is 12.9. The van der Waals surface area contributed by atoms with Crippen LogP contribution in [0.3, 0.4) is 0 Å². The molecule has 0 saturated carbocycles. The molecule has 10 heteroatoms. The van der Waals surface area contributed by atoms with Gasteiger partial charge in [0, 0.05) is 62.3 Å². The molecule has 0 bridgehead atoms. The molecule has 10 nitrogen and oxygen atoms in total. The third-order valence-electron chi connectivity index (χ3n) is 7.77. The molecular weight excluding hydrogens is 480 g/mol. The molecule has 0 radical (unpaired) electrons. The van der Waals surface area contributed by atoms with Gasteiger partial charge in [0.2, 0.25) is 5.88 Å².